The SMILES string of the molecule is COc1ccccc1Oc1ccc(CNCC(C)C)cc1. The summed E-state index contributed by atoms with van der Waals surface area (Å²) in [6, 6.07) is 15.8. The Hall–Kier alpha value is -2.00. The van der Waals surface area contributed by atoms with Gasteiger partial charge in [-0.15, -0.1) is 0 Å². The monoisotopic (exact) mass is 285 g/mol. The number of hydrogen-bond donors (Lipinski definition) is 1. The molecule has 0 heterocycles. The molecule has 0 aliphatic rings. The first-order valence-electron chi connectivity index (χ1n) is 7.29. The fourth-order valence-electron chi connectivity index (χ4n) is 2.01. The summed E-state index contributed by atoms with van der Waals surface area (Å²) < 4.78 is 11.1. The van der Waals surface area contributed by atoms with Gasteiger partial charge in [-0.05, 0) is 42.3 Å². The maximum Gasteiger partial charge on any atom is 0.169 e. The average Bonchev–Trinajstić information content (AvgIpc) is 2.49. The number of methoxy groups -OCH3 is 1. The molecule has 0 radical (unpaired) electrons. The summed E-state index contributed by atoms with van der Waals surface area (Å²) in [7, 11) is 1.64. The first kappa shape index (κ1) is 15.4. The van der Waals surface area contributed by atoms with Crippen LogP contribution in [0.25, 0.3) is 0 Å². The quantitative estimate of drug-likeness (QED) is 0.825. The first-order chi connectivity index (χ1) is 10.2. The molecule has 2 aromatic carbocycles. The molecule has 1 N–H and O–H groups in total. The van der Waals surface area contributed by atoms with Gasteiger partial charge in [-0.2, -0.15) is 0 Å². The van der Waals surface area contributed by atoms with Crippen molar-refractivity contribution in [3.05, 3.63) is 54.1 Å². The highest BCUT2D eigenvalue weighted by atomic mass is 16.5. The third kappa shape index (κ3) is 4.80. The number of para-hydroxylation sites is 2. The Kier molecular flexibility index (Phi) is 5.64. The van der Waals surface area contributed by atoms with Gasteiger partial charge in [0.15, 0.2) is 11.5 Å². The smallest absolute Gasteiger partial charge is 0.169 e. The molecule has 0 bridgehead atoms. The lowest BCUT2D eigenvalue weighted by Gasteiger charge is -2.11. The van der Waals surface area contributed by atoms with E-state index < -0.39 is 0 Å². The second-order valence-corrected chi connectivity index (χ2v) is 5.42. The van der Waals surface area contributed by atoms with Crippen molar-refractivity contribution >= 4 is 0 Å². The van der Waals surface area contributed by atoms with E-state index in [0.29, 0.717) is 5.92 Å². The number of rotatable bonds is 7. The minimum Gasteiger partial charge on any atom is -0.493 e. The Morgan fingerprint density at radius 1 is 0.952 bits per heavy atom. The highest BCUT2D eigenvalue weighted by molar-refractivity contribution is 5.42. The van der Waals surface area contributed by atoms with Crippen LogP contribution in [0.1, 0.15) is 19.4 Å². The molecule has 0 saturated heterocycles. The van der Waals surface area contributed by atoms with Gasteiger partial charge in [0.25, 0.3) is 0 Å². The molecule has 0 aliphatic carbocycles. The van der Waals surface area contributed by atoms with Gasteiger partial charge in [0.1, 0.15) is 5.75 Å². The fraction of sp³-hybridized carbons (Fsp3) is 0.333. The minimum atomic E-state index is 0.665. The van der Waals surface area contributed by atoms with E-state index in [0.717, 1.165) is 30.3 Å². The van der Waals surface area contributed by atoms with Crippen molar-refractivity contribution in [1.82, 2.24) is 5.32 Å². The van der Waals surface area contributed by atoms with Crippen LogP contribution >= 0.6 is 0 Å². The summed E-state index contributed by atoms with van der Waals surface area (Å²) in [5.41, 5.74) is 1.25. The zero-order valence-corrected chi connectivity index (χ0v) is 12.9. The summed E-state index contributed by atoms with van der Waals surface area (Å²) in [5.74, 6) is 2.94. The molecule has 21 heavy (non-hydrogen) atoms. The molecule has 0 aliphatic heterocycles. The number of benzene rings is 2. The van der Waals surface area contributed by atoms with E-state index in [1.54, 1.807) is 7.11 Å². The van der Waals surface area contributed by atoms with Crippen molar-refractivity contribution in [2.24, 2.45) is 5.92 Å². The third-order valence-electron chi connectivity index (χ3n) is 3.10. The topological polar surface area (TPSA) is 30.5 Å². The molecule has 0 fully saturated rings. The predicted molar refractivity (Wildman–Crippen MR) is 86.1 cm³/mol. The van der Waals surface area contributed by atoms with Crippen molar-refractivity contribution in [3.8, 4) is 17.2 Å². The maximum atomic E-state index is 5.85. The molecule has 2 rings (SSSR count). The highest BCUT2D eigenvalue weighted by Gasteiger charge is 2.04. The van der Waals surface area contributed by atoms with Gasteiger partial charge in [-0.25, -0.2) is 0 Å². The van der Waals surface area contributed by atoms with Gasteiger partial charge in [-0.1, -0.05) is 38.1 Å². The number of ether oxygens (including phenoxy) is 2. The Morgan fingerprint density at radius 3 is 2.24 bits per heavy atom. The molecule has 0 unspecified atom stereocenters. The van der Waals surface area contributed by atoms with E-state index >= 15 is 0 Å². The van der Waals surface area contributed by atoms with Crippen LogP contribution in [0.2, 0.25) is 0 Å². The molecular formula is C18H23NO2. The first-order valence-corrected chi connectivity index (χ1v) is 7.29. The van der Waals surface area contributed by atoms with Gasteiger partial charge in [0, 0.05) is 6.54 Å². The van der Waals surface area contributed by atoms with Gasteiger partial charge < -0.3 is 14.8 Å². The van der Waals surface area contributed by atoms with E-state index in [4.69, 9.17) is 9.47 Å². The molecule has 0 saturated carbocycles. The summed E-state index contributed by atoms with van der Waals surface area (Å²) >= 11 is 0. The third-order valence-corrected chi connectivity index (χ3v) is 3.10. The Labute approximate surface area is 126 Å². The Balaban J connectivity index is 1.96. The molecular weight excluding hydrogens is 262 g/mol. The van der Waals surface area contributed by atoms with Gasteiger partial charge in [-0.3, -0.25) is 0 Å². The van der Waals surface area contributed by atoms with E-state index in [1.807, 2.05) is 36.4 Å². The molecule has 3 heteroatoms. The predicted octanol–water partition coefficient (Wildman–Crippen LogP) is 4.23. The second-order valence-electron chi connectivity index (χ2n) is 5.42. The second kappa shape index (κ2) is 7.70. The van der Waals surface area contributed by atoms with Crippen LogP contribution in [0, 0.1) is 5.92 Å². The molecule has 3 nitrogen and oxygen atoms in total. The molecule has 0 aromatic heterocycles. The van der Waals surface area contributed by atoms with Crippen LogP contribution in [-0.4, -0.2) is 13.7 Å². The van der Waals surface area contributed by atoms with E-state index in [2.05, 4.69) is 31.3 Å². The molecule has 0 atom stereocenters. The lowest BCUT2D eigenvalue weighted by Crippen LogP contribution is -2.18. The van der Waals surface area contributed by atoms with Crippen molar-refractivity contribution < 1.29 is 9.47 Å². The minimum absolute atomic E-state index is 0.665. The molecule has 0 spiro atoms. The summed E-state index contributed by atoms with van der Waals surface area (Å²) in [6.07, 6.45) is 0. The van der Waals surface area contributed by atoms with E-state index in [9.17, 15) is 0 Å². The normalized spacial score (nSPS) is 10.7. The number of nitrogens with one attached hydrogen (secondary N) is 1. The zero-order valence-electron chi connectivity index (χ0n) is 12.9. The standard InChI is InChI=1S/C18H23NO2/c1-14(2)12-19-13-15-8-10-16(11-9-15)21-18-7-5-4-6-17(18)20-3/h4-11,14,19H,12-13H2,1-3H3. The Morgan fingerprint density at radius 2 is 1.62 bits per heavy atom. The van der Waals surface area contributed by atoms with Crippen LogP contribution in [0.3, 0.4) is 0 Å². The van der Waals surface area contributed by atoms with Crippen molar-refractivity contribution in [2.75, 3.05) is 13.7 Å². The fourth-order valence-corrected chi connectivity index (χ4v) is 2.01. The maximum absolute atomic E-state index is 5.85. The van der Waals surface area contributed by atoms with Crippen molar-refractivity contribution in [2.45, 2.75) is 20.4 Å². The van der Waals surface area contributed by atoms with Gasteiger partial charge in [0.2, 0.25) is 0 Å². The summed E-state index contributed by atoms with van der Waals surface area (Å²) in [4.78, 5) is 0. The zero-order chi connectivity index (χ0) is 15.1. The van der Waals surface area contributed by atoms with Crippen LogP contribution in [0.4, 0.5) is 0 Å². The van der Waals surface area contributed by atoms with E-state index in [-0.39, 0.29) is 0 Å². The highest BCUT2D eigenvalue weighted by Crippen LogP contribution is 2.30. The Bertz CT molecular complexity index is 549. The van der Waals surface area contributed by atoms with E-state index in [1.165, 1.54) is 5.56 Å². The van der Waals surface area contributed by atoms with Crippen LogP contribution in [0.15, 0.2) is 48.5 Å². The number of hydrogen-bond acceptors (Lipinski definition) is 3. The van der Waals surface area contributed by atoms with Gasteiger partial charge >= 0.3 is 0 Å². The van der Waals surface area contributed by atoms with Crippen LogP contribution in [0.5, 0.6) is 17.2 Å². The largest absolute Gasteiger partial charge is 0.493 e. The van der Waals surface area contributed by atoms with Crippen LogP contribution < -0.4 is 14.8 Å². The lowest BCUT2D eigenvalue weighted by molar-refractivity contribution is 0.379. The molecule has 2 aromatic rings. The molecule has 112 valence electrons. The van der Waals surface area contributed by atoms with Crippen molar-refractivity contribution in [1.29, 1.82) is 0 Å². The molecule has 0 amide bonds. The van der Waals surface area contributed by atoms with Crippen molar-refractivity contribution in [3.63, 3.8) is 0 Å². The average molecular weight is 285 g/mol. The lowest BCUT2D eigenvalue weighted by atomic mass is 10.2. The summed E-state index contributed by atoms with van der Waals surface area (Å²) in [6.45, 7) is 6.32. The summed E-state index contributed by atoms with van der Waals surface area (Å²) in [5, 5.41) is 3.43. The van der Waals surface area contributed by atoms with Gasteiger partial charge in [0.05, 0.1) is 7.11 Å². The van der Waals surface area contributed by atoms with Crippen LogP contribution in [-0.2, 0) is 6.54 Å².